The first-order valence-electron chi connectivity index (χ1n) is 7.75. The number of amides is 2. The first kappa shape index (κ1) is 14.6. The van der Waals surface area contributed by atoms with E-state index in [1.165, 1.54) is 6.42 Å². The van der Waals surface area contributed by atoms with Gasteiger partial charge in [0.05, 0.1) is 12.7 Å². The molecule has 2 heterocycles. The van der Waals surface area contributed by atoms with E-state index in [9.17, 15) is 4.79 Å². The zero-order valence-electron chi connectivity index (χ0n) is 12.8. The fourth-order valence-electron chi connectivity index (χ4n) is 2.76. The van der Waals surface area contributed by atoms with Crippen molar-refractivity contribution in [2.24, 2.45) is 5.92 Å². The quantitative estimate of drug-likeness (QED) is 0.946. The monoisotopic (exact) mass is 299 g/mol. The molecule has 1 N–H and O–H groups in total. The normalized spacial score (nSPS) is 18.2. The maximum atomic E-state index is 12.1. The highest BCUT2D eigenvalue weighted by atomic mass is 16.4. The fraction of sp³-hybridized carbons (Fsp3) is 0.412. The van der Waals surface area contributed by atoms with Gasteiger partial charge in [0.2, 0.25) is 5.89 Å². The van der Waals surface area contributed by atoms with E-state index in [4.69, 9.17) is 4.42 Å². The molecule has 2 amide bonds. The summed E-state index contributed by atoms with van der Waals surface area (Å²) >= 11 is 0. The van der Waals surface area contributed by atoms with Gasteiger partial charge >= 0.3 is 6.03 Å². The highest BCUT2D eigenvalue weighted by Gasteiger charge is 2.20. The summed E-state index contributed by atoms with van der Waals surface area (Å²) in [5, 5.41) is 2.88. The van der Waals surface area contributed by atoms with E-state index in [1.54, 1.807) is 6.20 Å². The largest absolute Gasteiger partial charge is 0.439 e. The van der Waals surface area contributed by atoms with E-state index in [2.05, 4.69) is 17.2 Å². The number of benzene rings is 1. The molecular formula is C17H21N3O2. The van der Waals surface area contributed by atoms with Gasteiger partial charge in [0, 0.05) is 18.7 Å². The van der Waals surface area contributed by atoms with Gasteiger partial charge in [0.15, 0.2) is 5.76 Å². The number of nitrogens with one attached hydrogen (secondary N) is 1. The van der Waals surface area contributed by atoms with Gasteiger partial charge in [-0.2, -0.15) is 0 Å². The Hall–Kier alpha value is -2.30. The van der Waals surface area contributed by atoms with Gasteiger partial charge < -0.3 is 14.6 Å². The average Bonchev–Trinajstić information content (AvgIpc) is 3.02. The molecule has 1 unspecified atom stereocenters. The Bertz CT molecular complexity index is 624. The van der Waals surface area contributed by atoms with Crippen LogP contribution in [0.15, 0.2) is 40.9 Å². The Labute approximate surface area is 130 Å². The minimum atomic E-state index is -0.0361. The molecule has 0 bridgehead atoms. The van der Waals surface area contributed by atoms with E-state index in [0.29, 0.717) is 18.4 Å². The minimum absolute atomic E-state index is 0.0361. The van der Waals surface area contributed by atoms with Crippen molar-refractivity contribution in [2.75, 3.05) is 13.1 Å². The molecule has 5 nitrogen and oxygen atoms in total. The van der Waals surface area contributed by atoms with Crippen molar-refractivity contribution in [1.82, 2.24) is 15.2 Å². The SMILES string of the molecule is CC1CCCN(C(=O)NCc2ncc(-c3ccccc3)o2)C1. The molecule has 0 spiro atoms. The highest BCUT2D eigenvalue weighted by Crippen LogP contribution is 2.20. The molecule has 1 saturated heterocycles. The molecule has 1 fully saturated rings. The Kier molecular flexibility index (Phi) is 4.42. The van der Waals surface area contributed by atoms with Crippen molar-refractivity contribution in [3.05, 3.63) is 42.4 Å². The zero-order chi connectivity index (χ0) is 15.4. The molecule has 0 saturated carbocycles. The molecule has 1 aliphatic heterocycles. The van der Waals surface area contributed by atoms with Crippen molar-refractivity contribution < 1.29 is 9.21 Å². The Morgan fingerprint density at radius 1 is 1.41 bits per heavy atom. The second-order valence-corrected chi connectivity index (χ2v) is 5.84. The first-order chi connectivity index (χ1) is 10.7. The number of piperidine rings is 1. The van der Waals surface area contributed by atoms with E-state index in [1.807, 2.05) is 35.2 Å². The predicted molar refractivity (Wildman–Crippen MR) is 84.1 cm³/mol. The maximum Gasteiger partial charge on any atom is 0.317 e. The number of carbonyl (C=O) groups is 1. The summed E-state index contributed by atoms with van der Waals surface area (Å²) in [6, 6.07) is 9.77. The predicted octanol–water partition coefficient (Wildman–Crippen LogP) is 3.28. The number of oxazole rings is 1. The molecule has 116 valence electrons. The van der Waals surface area contributed by atoms with Crippen molar-refractivity contribution in [2.45, 2.75) is 26.3 Å². The molecule has 1 atom stereocenters. The molecule has 3 rings (SSSR count). The lowest BCUT2D eigenvalue weighted by Gasteiger charge is -2.30. The van der Waals surface area contributed by atoms with Crippen molar-refractivity contribution in [1.29, 1.82) is 0 Å². The van der Waals surface area contributed by atoms with E-state index >= 15 is 0 Å². The molecule has 22 heavy (non-hydrogen) atoms. The van der Waals surface area contributed by atoms with Crippen LogP contribution in [-0.4, -0.2) is 29.0 Å². The van der Waals surface area contributed by atoms with Gasteiger partial charge in [-0.15, -0.1) is 0 Å². The number of aromatic nitrogens is 1. The van der Waals surface area contributed by atoms with Gasteiger partial charge in [0.1, 0.15) is 0 Å². The summed E-state index contributed by atoms with van der Waals surface area (Å²) in [4.78, 5) is 18.2. The summed E-state index contributed by atoms with van der Waals surface area (Å²) in [6.07, 6.45) is 3.97. The average molecular weight is 299 g/mol. The number of likely N-dealkylation sites (tertiary alicyclic amines) is 1. The van der Waals surface area contributed by atoms with E-state index < -0.39 is 0 Å². The third-order valence-electron chi connectivity index (χ3n) is 3.95. The molecule has 5 heteroatoms. The van der Waals surface area contributed by atoms with Crippen LogP contribution in [0.2, 0.25) is 0 Å². The van der Waals surface area contributed by atoms with Gasteiger partial charge in [-0.1, -0.05) is 37.3 Å². The summed E-state index contributed by atoms with van der Waals surface area (Å²) in [5.74, 6) is 1.82. The number of nitrogens with zero attached hydrogens (tertiary/aromatic N) is 2. The van der Waals surface area contributed by atoms with Gasteiger partial charge in [-0.3, -0.25) is 0 Å². The van der Waals surface area contributed by atoms with Crippen molar-refractivity contribution in [3.63, 3.8) is 0 Å². The second-order valence-electron chi connectivity index (χ2n) is 5.84. The molecule has 1 aromatic heterocycles. The minimum Gasteiger partial charge on any atom is -0.439 e. The lowest BCUT2D eigenvalue weighted by molar-refractivity contribution is 0.168. The third kappa shape index (κ3) is 3.47. The van der Waals surface area contributed by atoms with E-state index in [0.717, 1.165) is 30.8 Å². The molecule has 1 aromatic carbocycles. The van der Waals surface area contributed by atoms with Crippen LogP contribution in [0.1, 0.15) is 25.7 Å². The van der Waals surface area contributed by atoms with Gasteiger partial charge in [-0.05, 0) is 18.8 Å². The second kappa shape index (κ2) is 6.64. The number of hydrogen-bond acceptors (Lipinski definition) is 3. The van der Waals surface area contributed by atoms with Crippen LogP contribution in [0, 0.1) is 5.92 Å². The standard InChI is InChI=1S/C17H21N3O2/c1-13-6-5-9-20(12-13)17(21)19-11-16-18-10-15(22-16)14-7-3-2-4-8-14/h2-4,7-8,10,13H,5-6,9,11-12H2,1H3,(H,19,21). The van der Waals surface area contributed by atoms with Crippen molar-refractivity contribution in [3.8, 4) is 11.3 Å². The van der Waals surface area contributed by atoms with Crippen LogP contribution in [-0.2, 0) is 6.54 Å². The number of carbonyl (C=O) groups excluding carboxylic acids is 1. The number of urea groups is 1. The lowest BCUT2D eigenvalue weighted by Crippen LogP contribution is -2.44. The first-order valence-corrected chi connectivity index (χ1v) is 7.75. The zero-order valence-corrected chi connectivity index (χ0v) is 12.8. The van der Waals surface area contributed by atoms with Gasteiger partial charge in [0.25, 0.3) is 0 Å². The molecule has 1 aliphatic rings. The summed E-state index contributed by atoms with van der Waals surface area (Å²) in [6.45, 7) is 4.15. The molecule has 0 radical (unpaired) electrons. The topological polar surface area (TPSA) is 58.4 Å². The Balaban J connectivity index is 1.56. The van der Waals surface area contributed by atoms with Crippen LogP contribution in [0.5, 0.6) is 0 Å². The van der Waals surface area contributed by atoms with Gasteiger partial charge in [-0.25, -0.2) is 9.78 Å². The van der Waals surface area contributed by atoms with Crippen LogP contribution in [0.25, 0.3) is 11.3 Å². The number of hydrogen-bond donors (Lipinski definition) is 1. The third-order valence-corrected chi connectivity index (χ3v) is 3.95. The van der Waals surface area contributed by atoms with Crippen LogP contribution in [0.3, 0.4) is 0 Å². The molecule has 2 aromatic rings. The smallest absolute Gasteiger partial charge is 0.317 e. The summed E-state index contributed by atoms with van der Waals surface area (Å²) < 4.78 is 5.68. The highest BCUT2D eigenvalue weighted by molar-refractivity contribution is 5.74. The Morgan fingerprint density at radius 2 is 2.23 bits per heavy atom. The Morgan fingerprint density at radius 3 is 3.00 bits per heavy atom. The van der Waals surface area contributed by atoms with Crippen LogP contribution >= 0.6 is 0 Å². The summed E-state index contributed by atoms with van der Waals surface area (Å²) in [7, 11) is 0. The van der Waals surface area contributed by atoms with Crippen LogP contribution in [0.4, 0.5) is 4.79 Å². The fourth-order valence-corrected chi connectivity index (χ4v) is 2.76. The number of rotatable bonds is 3. The molecule has 0 aliphatic carbocycles. The maximum absolute atomic E-state index is 12.1. The van der Waals surface area contributed by atoms with Crippen LogP contribution < -0.4 is 5.32 Å². The van der Waals surface area contributed by atoms with Crippen molar-refractivity contribution >= 4 is 6.03 Å². The molecular weight excluding hydrogens is 278 g/mol. The summed E-state index contributed by atoms with van der Waals surface area (Å²) in [5.41, 5.74) is 0.984. The lowest BCUT2D eigenvalue weighted by atomic mass is 10.0. The van der Waals surface area contributed by atoms with E-state index in [-0.39, 0.29) is 6.03 Å².